The number of nitrogens with zero attached hydrogens (tertiary/aromatic N) is 1. The normalized spacial score (nSPS) is 14.5. The molecule has 0 atom stereocenters. The van der Waals surface area contributed by atoms with Crippen LogP contribution in [-0.4, -0.2) is 28.5 Å². The molecule has 0 radical (unpaired) electrons. The molecule has 3 aromatic rings. The molecule has 0 saturated carbocycles. The Labute approximate surface area is 214 Å². The fraction of sp³-hybridized carbons (Fsp3) is 0.0800. The highest BCUT2D eigenvalue weighted by Crippen LogP contribution is 2.37. The number of rotatable bonds is 7. The van der Waals surface area contributed by atoms with Crippen LogP contribution in [0.2, 0.25) is 10.0 Å². The molecule has 0 unspecified atom stereocenters. The third-order valence-corrected chi connectivity index (χ3v) is 6.30. The van der Waals surface area contributed by atoms with Gasteiger partial charge in [-0.2, -0.15) is 0 Å². The van der Waals surface area contributed by atoms with Gasteiger partial charge in [0.05, 0.1) is 15.0 Å². The summed E-state index contributed by atoms with van der Waals surface area (Å²) in [6.45, 7) is -0.234. The number of hydrogen-bond donors (Lipinski definition) is 1. The average molecular weight is 531 g/mol. The predicted octanol–water partition coefficient (Wildman–Crippen LogP) is 6.39. The van der Waals surface area contributed by atoms with Crippen molar-refractivity contribution in [3.05, 3.63) is 98.6 Å². The fourth-order valence-electron chi connectivity index (χ4n) is 3.23. The minimum atomic E-state index is -0.634. The number of nitrogens with one attached hydrogen (secondary N) is 1. The van der Waals surface area contributed by atoms with Crippen LogP contribution in [0, 0.1) is 5.82 Å². The molecule has 35 heavy (non-hydrogen) atoms. The van der Waals surface area contributed by atoms with E-state index in [0.717, 1.165) is 16.5 Å². The largest absolute Gasteiger partial charge is 0.486 e. The van der Waals surface area contributed by atoms with E-state index in [2.05, 4.69) is 5.32 Å². The number of ether oxygens (including phenoxy) is 1. The van der Waals surface area contributed by atoms with Crippen LogP contribution in [-0.2, 0) is 16.2 Å². The second-order valence-electron chi connectivity index (χ2n) is 7.41. The maximum absolute atomic E-state index is 13.3. The van der Waals surface area contributed by atoms with Crippen LogP contribution in [0.15, 0.2) is 71.6 Å². The van der Waals surface area contributed by atoms with Gasteiger partial charge in [-0.3, -0.25) is 19.3 Å². The van der Waals surface area contributed by atoms with Crippen LogP contribution in [0.5, 0.6) is 5.75 Å². The quantitative estimate of drug-likeness (QED) is 0.358. The van der Waals surface area contributed by atoms with Crippen molar-refractivity contribution in [1.82, 2.24) is 4.90 Å². The van der Waals surface area contributed by atoms with E-state index in [1.165, 1.54) is 24.3 Å². The van der Waals surface area contributed by atoms with Crippen LogP contribution in [0.3, 0.4) is 0 Å². The van der Waals surface area contributed by atoms with Crippen LogP contribution in [0.1, 0.15) is 11.1 Å². The lowest BCUT2D eigenvalue weighted by atomic mass is 10.2. The van der Waals surface area contributed by atoms with Crippen molar-refractivity contribution in [1.29, 1.82) is 0 Å². The number of halogens is 3. The van der Waals surface area contributed by atoms with E-state index in [9.17, 15) is 18.8 Å². The van der Waals surface area contributed by atoms with Gasteiger partial charge in [-0.15, -0.1) is 0 Å². The van der Waals surface area contributed by atoms with Gasteiger partial charge in [-0.25, -0.2) is 4.39 Å². The van der Waals surface area contributed by atoms with E-state index in [1.807, 2.05) is 30.3 Å². The zero-order valence-corrected chi connectivity index (χ0v) is 20.3. The van der Waals surface area contributed by atoms with Gasteiger partial charge < -0.3 is 10.1 Å². The van der Waals surface area contributed by atoms with Crippen molar-refractivity contribution in [2.75, 3.05) is 11.9 Å². The summed E-state index contributed by atoms with van der Waals surface area (Å²) in [5, 5.41) is 2.34. The van der Waals surface area contributed by atoms with E-state index in [0.29, 0.717) is 23.1 Å². The number of carbonyl (C=O) groups excluding carboxylic acids is 3. The monoisotopic (exact) mass is 530 g/mol. The molecule has 1 aliphatic rings. The molecular weight excluding hydrogens is 514 g/mol. The number of carbonyl (C=O) groups is 3. The van der Waals surface area contributed by atoms with Crippen molar-refractivity contribution in [3.63, 3.8) is 0 Å². The van der Waals surface area contributed by atoms with Gasteiger partial charge in [0.2, 0.25) is 5.91 Å². The second-order valence-corrected chi connectivity index (χ2v) is 9.22. The Bertz CT molecular complexity index is 1310. The summed E-state index contributed by atoms with van der Waals surface area (Å²) in [5.41, 5.74) is 1.65. The summed E-state index contributed by atoms with van der Waals surface area (Å²) in [7, 11) is 0. The number of imide groups is 1. The Morgan fingerprint density at radius 3 is 2.43 bits per heavy atom. The first kappa shape index (κ1) is 24.8. The molecule has 0 aromatic heterocycles. The lowest BCUT2D eigenvalue weighted by Gasteiger charge is -2.12. The van der Waals surface area contributed by atoms with Crippen molar-refractivity contribution in [2.45, 2.75) is 6.61 Å². The van der Waals surface area contributed by atoms with Gasteiger partial charge >= 0.3 is 0 Å². The molecule has 4 rings (SSSR count). The minimum Gasteiger partial charge on any atom is -0.486 e. The maximum atomic E-state index is 13.3. The Hall–Kier alpha value is -3.33. The standard InChI is InChI=1S/C25H17Cl2FN2O4S/c26-19-9-16(10-20(27)23(19)34-14-15-5-2-1-3-6-15)11-21-24(32)30(25(33)35-21)13-22(31)29-18-8-4-7-17(28)12-18/h1-12H,13-14H2,(H,29,31)/b21-11+. The van der Waals surface area contributed by atoms with E-state index in [-0.39, 0.29) is 27.2 Å². The van der Waals surface area contributed by atoms with Crippen LogP contribution in [0.4, 0.5) is 14.9 Å². The lowest BCUT2D eigenvalue weighted by molar-refractivity contribution is -0.127. The van der Waals surface area contributed by atoms with Crippen LogP contribution < -0.4 is 10.1 Å². The van der Waals surface area contributed by atoms with Crippen molar-refractivity contribution in [3.8, 4) is 5.75 Å². The van der Waals surface area contributed by atoms with Crippen molar-refractivity contribution >= 4 is 63.8 Å². The van der Waals surface area contributed by atoms with Crippen molar-refractivity contribution < 1.29 is 23.5 Å². The summed E-state index contributed by atoms with van der Waals surface area (Å²) >= 11 is 13.4. The number of thioether (sulfide) groups is 1. The third kappa shape index (κ3) is 6.22. The molecule has 1 fully saturated rings. The maximum Gasteiger partial charge on any atom is 0.294 e. The zero-order valence-electron chi connectivity index (χ0n) is 18.0. The number of benzene rings is 3. The number of anilines is 1. The Morgan fingerprint density at radius 2 is 1.74 bits per heavy atom. The molecule has 0 bridgehead atoms. The van der Waals surface area contributed by atoms with Crippen molar-refractivity contribution in [2.24, 2.45) is 0 Å². The van der Waals surface area contributed by atoms with E-state index < -0.39 is 29.4 Å². The predicted molar refractivity (Wildman–Crippen MR) is 135 cm³/mol. The van der Waals surface area contributed by atoms with E-state index in [1.54, 1.807) is 12.1 Å². The first-order chi connectivity index (χ1) is 16.8. The first-order valence-electron chi connectivity index (χ1n) is 10.3. The molecule has 1 heterocycles. The van der Waals surface area contributed by atoms with Gasteiger partial charge in [0.15, 0.2) is 5.75 Å². The van der Waals surface area contributed by atoms with Gasteiger partial charge in [0.1, 0.15) is 19.0 Å². The molecule has 1 N–H and O–H groups in total. The SMILES string of the molecule is O=C(CN1C(=O)S/C(=C/c2cc(Cl)c(OCc3ccccc3)c(Cl)c2)C1=O)Nc1cccc(F)c1. The molecule has 6 nitrogen and oxygen atoms in total. The first-order valence-corrected chi connectivity index (χ1v) is 11.8. The molecule has 0 spiro atoms. The molecule has 3 aromatic carbocycles. The average Bonchev–Trinajstić information content (AvgIpc) is 3.06. The highest BCUT2D eigenvalue weighted by Gasteiger charge is 2.36. The van der Waals surface area contributed by atoms with E-state index >= 15 is 0 Å². The molecule has 1 aliphatic heterocycles. The summed E-state index contributed by atoms with van der Waals surface area (Å²) in [4.78, 5) is 38.3. The molecule has 3 amide bonds. The van der Waals surface area contributed by atoms with E-state index in [4.69, 9.17) is 27.9 Å². The van der Waals surface area contributed by atoms with Crippen LogP contribution >= 0.6 is 35.0 Å². The fourth-order valence-corrected chi connectivity index (χ4v) is 4.68. The highest BCUT2D eigenvalue weighted by atomic mass is 35.5. The van der Waals surface area contributed by atoms with Gasteiger partial charge in [0.25, 0.3) is 11.1 Å². The third-order valence-electron chi connectivity index (χ3n) is 4.83. The zero-order chi connectivity index (χ0) is 24.9. The summed E-state index contributed by atoms with van der Waals surface area (Å²) < 4.78 is 19.0. The minimum absolute atomic E-state index is 0.110. The highest BCUT2D eigenvalue weighted by molar-refractivity contribution is 8.18. The molecule has 1 saturated heterocycles. The molecule has 178 valence electrons. The van der Waals surface area contributed by atoms with Gasteiger partial charge in [0, 0.05) is 5.69 Å². The topological polar surface area (TPSA) is 75.7 Å². The van der Waals surface area contributed by atoms with Crippen LogP contribution in [0.25, 0.3) is 6.08 Å². The Morgan fingerprint density at radius 1 is 1.03 bits per heavy atom. The Kier molecular flexibility index (Phi) is 7.75. The summed E-state index contributed by atoms with van der Waals surface area (Å²) in [6, 6.07) is 17.9. The second kappa shape index (κ2) is 10.9. The summed E-state index contributed by atoms with van der Waals surface area (Å²) in [5.74, 6) is -1.49. The smallest absolute Gasteiger partial charge is 0.294 e. The molecular formula is C25H17Cl2FN2O4S. The molecule has 0 aliphatic carbocycles. The molecule has 10 heteroatoms. The lowest BCUT2D eigenvalue weighted by Crippen LogP contribution is -2.36. The Balaban J connectivity index is 1.44. The van der Waals surface area contributed by atoms with Gasteiger partial charge in [-0.05, 0) is 59.3 Å². The number of hydrogen-bond acceptors (Lipinski definition) is 5. The number of amides is 3. The summed E-state index contributed by atoms with van der Waals surface area (Å²) in [6.07, 6.45) is 1.47. The van der Waals surface area contributed by atoms with Gasteiger partial charge in [-0.1, -0.05) is 59.6 Å².